The molecule has 0 radical (unpaired) electrons. The third kappa shape index (κ3) is 4.21. The van der Waals surface area contributed by atoms with Crippen LogP contribution in [0, 0.1) is 0 Å². The molecule has 0 bridgehead atoms. The maximum absolute atomic E-state index is 11.0. The van der Waals surface area contributed by atoms with E-state index in [9.17, 15) is 9.90 Å². The summed E-state index contributed by atoms with van der Waals surface area (Å²) in [5.74, 6) is -0.634. The van der Waals surface area contributed by atoms with Gasteiger partial charge in [-0.3, -0.25) is 0 Å². The summed E-state index contributed by atoms with van der Waals surface area (Å²) in [5, 5.41) is 21.7. The highest BCUT2D eigenvalue weighted by molar-refractivity contribution is 5.90. The van der Waals surface area contributed by atoms with Gasteiger partial charge < -0.3 is 20.3 Å². The standard InChI is InChI=1S/C15H23NO4/c1-3-15(4-2,11-17)16-9-10-20-13-8-6-5-7-12(13)14(18)19/h5-8,16-17H,3-4,9-11H2,1-2H3,(H,18,19). The lowest BCUT2D eigenvalue weighted by Gasteiger charge is -2.30. The maximum Gasteiger partial charge on any atom is 0.339 e. The monoisotopic (exact) mass is 281 g/mol. The number of para-hydroxylation sites is 1. The van der Waals surface area contributed by atoms with E-state index < -0.39 is 5.97 Å². The Labute approximate surface area is 119 Å². The van der Waals surface area contributed by atoms with Gasteiger partial charge in [-0.05, 0) is 25.0 Å². The lowest BCUT2D eigenvalue weighted by atomic mass is 9.94. The van der Waals surface area contributed by atoms with E-state index in [0.29, 0.717) is 18.9 Å². The average Bonchev–Trinajstić information content (AvgIpc) is 2.48. The Morgan fingerprint density at radius 1 is 1.30 bits per heavy atom. The first-order valence-corrected chi connectivity index (χ1v) is 6.89. The van der Waals surface area contributed by atoms with Crippen LogP contribution < -0.4 is 10.1 Å². The lowest BCUT2D eigenvalue weighted by molar-refractivity contribution is 0.0692. The van der Waals surface area contributed by atoms with Crippen molar-refractivity contribution in [2.24, 2.45) is 0 Å². The van der Waals surface area contributed by atoms with Crippen LogP contribution in [0.3, 0.4) is 0 Å². The number of aliphatic hydroxyl groups excluding tert-OH is 1. The van der Waals surface area contributed by atoms with Crippen LogP contribution in [0.15, 0.2) is 24.3 Å². The van der Waals surface area contributed by atoms with Crippen LogP contribution in [-0.2, 0) is 0 Å². The summed E-state index contributed by atoms with van der Waals surface area (Å²) in [6, 6.07) is 6.56. The molecular weight excluding hydrogens is 258 g/mol. The largest absolute Gasteiger partial charge is 0.491 e. The van der Waals surface area contributed by atoms with Gasteiger partial charge in [0.05, 0.1) is 6.61 Å². The molecule has 0 aliphatic carbocycles. The van der Waals surface area contributed by atoms with Gasteiger partial charge in [-0.15, -0.1) is 0 Å². The number of aromatic carboxylic acids is 1. The molecule has 0 fully saturated rings. The molecule has 1 rings (SSSR count). The van der Waals surface area contributed by atoms with Crippen LogP contribution in [0.5, 0.6) is 5.75 Å². The molecule has 0 aliphatic heterocycles. The van der Waals surface area contributed by atoms with Gasteiger partial charge in [0, 0.05) is 12.1 Å². The fourth-order valence-electron chi connectivity index (χ4n) is 2.03. The molecule has 0 unspecified atom stereocenters. The smallest absolute Gasteiger partial charge is 0.339 e. The van der Waals surface area contributed by atoms with Gasteiger partial charge in [0.25, 0.3) is 0 Å². The molecule has 0 heterocycles. The highest BCUT2D eigenvalue weighted by Crippen LogP contribution is 2.18. The van der Waals surface area contributed by atoms with Crippen LogP contribution in [0.25, 0.3) is 0 Å². The van der Waals surface area contributed by atoms with Gasteiger partial charge in [-0.25, -0.2) is 4.79 Å². The minimum absolute atomic E-state index is 0.0751. The Hall–Kier alpha value is -1.59. The molecule has 0 saturated carbocycles. The number of ether oxygens (including phenoxy) is 1. The molecule has 1 aromatic rings. The SMILES string of the molecule is CCC(CC)(CO)NCCOc1ccccc1C(=O)O. The van der Waals surface area contributed by atoms with Crippen molar-refractivity contribution in [3.05, 3.63) is 29.8 Å². The van der Waals surface area contributed by atoms with Crippen LogP contribution >= 0.6 is 0 Å². The molecular formula is C15H23NO4. The summed E-state index contributed by atoms with van der Waals surface area (Å²) >= 11 is 0. The van der Waals surface area contributed by atoms with Crippen molar-refractivity contribution in [2.45, 2.75) is 32.2 Å². The fourth-order valence-corrected chi connectivity index (χ4v) is 2.03. The van der Waals surface area contributed by atoms with Crippen LogP contribution in [-0.4, -0.2) is 41.5 Å². The molecule has 5 heteroatoms. The number of hydrogen-bond acceptors (Lipinski definition) is 4. The van der Waals surface area contributed by atoms with E-state index in [2.05, 4.69) is 5.32 Å². The second-order valence-corrected chi connectivity index (χ2v) is 4.72. The van der Waals surface area contributed by atoms with Gasteiger partial charge in [-0.2, -0.15) is 0 Å². The van der Waals surface area contributed by atoms with Gasteiger partial charge in [-0.1, -0.05) is 26.0 Å². The van der Waals surface area contributed by atoms with Crippen LogP contribution in [0.1, 0.15) is 37.0 Å². The first-order chi connectivity index (χ1) is 9.58. The number of benzene rings is 1. The van der Waals surface area contributed by atoms with E-state index in [1.807, 2.05) is 13.8 Å². The van der Waals surface area contributed by atoms with Gasteiger partial charge in [0.15, 0.2) is 0 Å². The molecule has 112 valence electrons. The fraction of sp³-hybridized carbons (Fsp3) is 0.533. The summed E-state index contributed by atoms with van der Waals surface area (Å²) in [6.07, 6.45) is 1.65. The Morgan fingerprint density at radius 3 is 2.50 bits per heavy atom. The van der Waals surface area contributed by atoms with E-state index in [1.54, 1.807) is 18.2 Å². The molecule has 5 nitrogen and oxygen atoms in total. The van der Waals surface area contributed by atoms with Crippen LogP contribution in [0.4, 0.5) is 0 Å². The number of carbonyl (C=O) groups is 1. The summed E-state index contributed by atoms with van der Waals surface area (Å²) in [6.45, 7) is 5.02. The van der Waals surface area contributed by atoms with Crippen molar-refractivity contribution in [3.8, 4) is 5.75 Å². The predicted molar refractivity (Wildman–Crippen MR) is 77.3 cm³/mol. The Bertz CT molecular complexity index is 421. The average molecular weight is 281 g/mol. The highest BCUT2D eigenvalue weighted by atomic mass is 16.5. The summed E-state index contributed by atoms with van der Waals surface area (Å²) in [4.78, 5) is 11.0. The van der Waals surface area contributed by atoms with E-state index in [4.69, 9.17) is 9.84 Å². The first kappa shape index (κ1) is 16.5. The third-order valence-corrected chi connectivity index (χ3v) is 3.63. The Morgan fingerprint density at radius 2 is 1.95 bits per heavy atom. The van der Waals surface area contributed by atoms with Gasteiger partial charge in [0.1, 0.15) is 17.9 Å². The number of nitrogens with one attached hydrogen (secondary N) is 1. The molecule has 0 atom stereocenters. The first-order valence-electron chi connectivity index (χ1n) is 6.89. The van der Waals surface area contributed by atoms with Crippen molar-refractivity contribution in [1.82, 2.24) is 5.32 Å². The number of aliphatic hydroxyl groups is 1. The number of carboxylic acid groups (broad SMARTS) is 1. The second kappa shape index (κ2) is 7.87. The highest BCUT2D eigenvalue weighted by Gasteiger charge is 2.23. The molecule has 0 aromatic heterocycles. The van der Waals surface area contributed by atoms with Crippen molar-refractivity contribution in [3.63, 3.8) is 0 Å². The zero-order valence-corrected chi connectivity index (χ0v) is 12.1. The second-order valence-electron chi connectivity index (χ2n) is 4.72. The summed E-state index contributed by atoms with van der Waals surface area (Å²) in [5.41, 5.74) is -0.123. The van der Waals surface area contributed by atoms with E-state index in [-0.39, 0.29) is 17.7 Å². The molecule has 0 aliphatic rings. The summed E-state index contributed by atoms with van der Waals surface area (Å²) in [7, 11) is 0. The number of rotatable bonds is 9. The third-order valence-electron chi connectivity index (χ3n) is 3.63. The minimum atomic E-state index is -1.000. The Kier molecular flexibility index (Phi) is 6.48. The van der Waals surface area contributed by atoms with Crippen molar-refractivity contribution in [1.29, 1.82) is 0 Å². The molecule has 0 saturated heterocycles. The summed E-state index contributed by atoms with van der Waals surface area (Å²) < 4.78 is 5.50. The van der Waals surface area contributed by atoms with E-state index in [0.717, 1.165) is 12.8 Å². The predicted octanol–water partition coefficient (Wildman–Crippen LogP) is 1.90. The van der Waals surface area contributed by atoms with Gasteiger partial charge >= 0.3 is 5.97 Å². The van der Waals surface area contributed by atoms with Crippen molar-refractivity contribution < 1.29 is 19.7 Å². The van der Waals surface area contributed by atoms with Crippen molar-refractivity contribution >= 4 is 5.97 Å². The zero-order chi connectivity index (χ0) is 15.0. The quantitative estimate of drug-likeness (QED) is 0.603. The van der Waals surface area contributed by atoms with Gasteiger partial charge in [0.2, 0.25) is 0 Å². The lowest BCUT2D eigenvalue weighted by Crippen LogP contribution is -2.49. The number of carboxylic acids is 1. The molecule has 1 aromatic carbocycles. The van der Waals surface area contributed by atoms with Crippen molar-refractivity contribution in [2.75, 3.05) is 19.8 Å². The Balaban J connectivity index is 2.51. The normalized spacial score (nSPS) is 11.3. The molecule has 0 spiro atoms. The zero-order valence-electron chi connectivity index (χ0n) is 12.1. The van der Waals surface area contributed by atoms with E-state index >= 15 is 0 Å². The maximum atomic E-state index is 11.0. The number of hydrogen-bond donors (Lipinski definition) is 3. The topological polar surface area (TPSA) is 78.8 Å². The van der Waals surface area contributed by atoms with Crippen LogP contribution in [0.2, 0.25) is 0 Å². The minimum Gasteiger partial charge on any atom is -0.491 e. The van der Waals surface area contributed by atoms with E-state index in [1.165, 1.54) is 6.07 Å². The molecule has 3 N–H and O–H groups in total. The molecule has 20 heavy (non-hydrogen) atoms. The molecule has 0 amide bonds.